The van der Waals surface area contributed by atoms with Gasteiger partial charge in [-0.2, -0.15) is 0 Å². The first kappa shape index (κ1) is 14.2. The van der Waals surface area contributed by atoms with Crippen molar-refractivity contribution in [1.82, 2.24) is 4.90 Å². The second-order valence-corrected chi connectivity index (χ2v) is 4.28. The Hall–Kier alpha value is -0.820. The van der Waals surface area contributed by atoms with Crippen LogP contribution in [0, 0.1) is 0 Å². The predicted octanol–water partition coefficient (Wildman–Crippen LogP) is 3.60. The zero-order valence-electron chi connectivity index (χ0n) is 10.7. The Balaban J connectivity index is 0.000000423. The molecule has 86 valence electrons. The maximum Gasteiger partial charge on any atom is -0.0140 e. The van der Waals surface area contributed by atoms with Gasteiger partial charge >= 0.3 is 0 Å². The molecule has 0 radical (unpaired) electrons. The zero-order valence-corrected chi connectivity index (χ0v) is 10.7. The van der Waals surface area contributed by atoms with Crippen LogP contribution < -0.4 is 0 Å². The third kappa shape index (κ3) is 11.1. The fraction of sp³-hybridized carbons (Fsp3) is 0.571. The molecule has 0 unspecified atom stereocenters. The van der Waals surface area contributed by atoms with E-state index in [1.807, 2.05) is 26.0 Å². The van der Waals surface area contributed by atoms with Crippen LogP contribution in [0.15, 0.2) is 30.3 Å². The second-order valence-electron chi connectivity index (χ2n) is 4.28. The van der Waals surface area contributed by atoms with Crippen molar-refractivity contribution in [3.05, 3.63) is 35.9 Å². The number of hydrogen-bond donors (Lipinski definition) is 0. The summed E-state index contributed by atoms with van der Waals surface area (Å²) in [5.41, 5.74) is 1.47. The first-order chi connectivity index (χ1) is 7.16. The highest BCUT2D eigenvalue weighted by Gasteiger charge is 1.89. The minimum Gasteiger partial charge on any atom is -0.312 e. The molecule has 0 fully saturated rings. The lowest BCUT2D eigenvalue weighted by atomic mass is 10.1. The van der Waals surface area contributed by atoms with E-state index in [9.17, 15) is 0 Å². The van der Waals surface area contributed by atoms with Crippen molar-refractivity contribution in [2.75, 3.05) is 21.1 Å². The molecule has 0 saturated carbocycles. The molecule has 0 aliphatic heterocycles. The van der Waals surface area contributed by atoms with Gasteiger partial charge in [0, 0.05) is 0 Å². The summed E-state index contributed by atoms with van der Waals surface area (Å²) in [4.78, 5) is 2.00. The molecule has 1 rings (SSSR count). The molecule has 0 atom stereocenters. The van der Waals surface area contributed by atoms with Crippen molar-refractivity contribution >= 4 is 0 Å². The Morgan fingerprint density at radius 2 is 1.47 bits per heavy atom. The monoisotopic (exact) mass is 207 g/mol. The quantitative estimate of drug-likeness (QED) is 0.682. The summed E-state index contributed by atoms with van der Waals surface area (Å²) in [6.45, 7) is 2.24. The van der Waals surface area contributed by atoms with Crippen LogP contribution in [-0.4, -0.2) is 26.0 Å². The molecule has 0 saturated heterocycles. The van der Waals surface area contributed by atoms with Gasteiger partial charge in [0.15, 0.2) is 0 Å². The van der Waals surface area contributed by atoms with Crippen LogP contribution in [0.25, 0.3) is 0 Å². The summed E-state index contributed by atoms with van der Waals surface area (Å²) >= 11 is 0. The Kier molecular flexibility index (Phi) is 9.19. The Labute approximate surface area is 95.1 Å². The van der Waals surface area contributed by atoms with Crippen molar-refractivity contribution in [3.8, 4) is 0 Å². The molecule has 0 aliphatic carbocycles. The molecule has 0 spiro atoms. The molecule has 15 heavy (non-hydrogen) atoms. The van der Waals surface area contributed by atoms with E-state index in [-0.39, 0.29) is 0 Å². The molecule has 0 heterocycles. The second kappa shape index (κ2) is 9.72. The number of rotatable bonds is 4. The molecule has 1 heteroatoms. The van der Waals surface area contributed by atoms with Crippen molar-refractivity contribution in [2.45, 2.75) is 32.6 Å². The SMILES string of the molecule is CCCCCc1ccccc1.CN(C)C. The summed E-state index contributed by atoms with van der Waals surface area (Å²) in [5.74, 6) is 0. The predicted molar refractivity (Wildman–Crippen MR) is 69.3 cm³/mol. The largest absolute Gasteiger partial charge is 0.312 e. The normalized spacial score (nSPS) is 9.67. The van der Waals surface area contributed by atoms with Crippen molar-refractivity contribution in [2.24, 2.45) is 0 Å². The third-order valence-corrected chi connectivity index (χ3v) is 1.91. The first-order valence-electron chi connectivity index (χ1n) is 5.81. The number of hydrogen-bond acceptors (Lipinski definition) is 1. The minimum atomic E-state index is 1.24. The highest BCUT2D eigenvalue weighted by Crippen LogP contribution is 2.05. The minimum absolute atomic E-state index is 1.24. The molecule has 0 bridgehead atoms. The molecule has 0 aromatic heterocycles. The van der Waals surface area contributed by atoms with E-state index in [0.29, 0.717) is 0 Å². The van der Waals surface area contributed by atoms with Gasteiger partial charge in [-0.05, 0) is 39.5 Å². The Morgan fingerprint density at radius 1 is 0.933 bits per heavy atom. The molecular formula is C14H25N. The lowest BCUT2D eigenvalue weighted by molar-refractivity contribution is 0.505. The highest BCUT2D eigenvalue weighted by molar-refractivity contribution is 5.14. The van der Waals surface area contributed by atoms with Crippen LogP contribution in [0.3, 0.4) is 0 Å². The number of benzene rings is 1. The summed E-state index contributed by atoms with van der Waals surface area (Å²) in [7, 11) is 6.00. The summed E-state index contributed by atoms with van der Waals surface area (Å²) < 4.78 is 0. The van der Waals surface area contributed by atoms with Crippen LogP contribution in [0.4, 0.5) is 0 Å². The molecular weight excluding hydrogens is 182 g/mol. The first-order valence-corrected chi connectivity index (χ1v) is 5.81. The maximum absolute atomic E-state index is 2.24. The van der Waals surface area contributed by atoms with Gasteiger partial charge in [0.05, 0.1) is 0 Å². The van der Waals surface area contributed by atoms with E-state index >= 15 is 0 Å². The van der Waals surface area contributed by atoms with Crippen LogP contribution >= 0.6 is 0 Å². The van der Waals surface area contributed by atoms with Crippen molar-refractivity contribution < 1.29 is 0 Å². The van der Waals surface area contributed by atoms with E-state index < -0.39 is 0 Å². The summed E-state index contributed by atoms with van der Waals surface area (Å²) in [5, 5.41) is 0. The van der Waals surface area contributed by atoms with Gasteiger partial charge in [0.2, 0.25) is 0 Å². The van der Waals surface area contributed by atoms with Gasteiger partial charge in [-0.25, -0.2) is 0 Å². The van der Waals surface area contributed by atoms with Gasteiger partial charge < -0.3 is 4.90 Å². The Morgan fingerprint density at radius 3 is 1.93 bits per heavy atom. The van der Waals surface area contributed by atoms with Gasteiger partial charge in [0.1, 0.15) is 0 Å². The third-order valence-electron chi connectivity index (χ3n) is 1.91. The van der Waals surface area contributed by atoms with Crippen molar-refractivity contribution in [3.63, 3.8) is 0 Å². The molecule has 1 aromatic carbocycles. The fourth-order valence-corrected chi connectivity index (χ4v) is 1.22. The lowest BCUT2D eigenvalue weighted by Gasteiger charge is -1.98. The van der Waals surface area contributed by atoms with Crippen LogP contribution in [0.1, 0.15) is 31.7 Å². The average molecular weight is 207 g/mol. The maximum atomic E-state index is 2.24. The summed E-state index contributed by atoms with van der Waals surface area (Å²) in [6.07, 6.45) is 5.25. The molecule has 0 aliphatic rings. The zero-order chi connectivity index (χ0) is 11.5. The van der Waals surface area contributed by atoms with E-state index in [1.54, 1.807) is 0 Å². The van der Waals surface area contributed by atoms with Crippen molar-refractivity contribution in [1.29, 1.82) is 0 Å². The average Bonchev–Trinajstić information content (AvgIpc) is 2.19. The topological polar surface area (TPSA) is 3.24 Å². The highest BCUT2D eigenvalue weighted by atomic mass is 15.0. The molecule has 1 nitrogen and oxygen atoms in total. The molecule has 0 N–H and O–H groups in total. The van der Waals surface area contributed by atoms with Gasteiger partial charge in [-0.3, -0.25) is 0 Å². The van der Waals surface area contributed by atoms with Gasteiger partial charge in [-0.1, -0.05) is 50.1 Å². The number of aryl methyl sites for hydroxylation is 1. The van der Waals surface area contributed by atoms with Crippen LogP contribution in [-0.2, 0) is 6.42 Å². The van der Waals surface area contributed by atoms with Gasteiger partial charge in [-0.15, -0.1) is 0 Å². The van der Waals surface area contributed by atoms with Crippen LogP contribution in [0.2, 0.25) is 0 Å². The fourth-order valence-electron chi connectivity index (χ4n) is 1.22. The molecule has 0 amide bonds. The van der Waals surface area contributed by atoms with Crippen LogP contribution in [0.5, 0.6) is 0 Å². The van der Waals surface area contributed by atoms with E-state index in [0.717, 1.165) is 0 Å². The van der Waals surface area contributed by atoms with Gasteiger partial charge in [0.25, 0.3) is 0 Å². The van der Waals surface area contributed by atoms with E-state index in [1.165, 1.54) is 31.2 Å². The van der Waals surface area contributed by atoms with E-state index in [4.69, 9.17) is 0 Å². The smallest absolute Gasteiger partial charge is 0.0140 e. The molecule has 1 aromatic rings. The number of nitrogens with zero attached hydrogens (tertiary/aromatic N) is 1. The summed E-state index contributed by atoms with van der Waals surface area (Å²) in [6, 6.07) is 10.7. The lowest BCUT2D eigenvalue weighted by Crippen LogP contribution is -1.99. The number of unbranched alkanes of at least 4 members (excludes halogenated alkanes) is 2. The standard InChI is InChI=1S/C11H16.C3H9N/c1-2-3-5-8-11-9-6-4-7-10-11;1-4(2)3/h4,6-7,9-10H,2-3,5,8H2,1H3;1-3H3. The van der Waals surface area contributed by atoms with E-state index in [2.05, 4.69) is 37.3 Å². The Bertz CT molecular complexity index is 213.